The maximum absolute atomic E-state index is 15.5. The van der Waals surface area contributed by atoms with E-state index in [1.54, 1.807) is 51.9 Å². The highest BCUT2D eigenvalue weighted by Gasteiger charge is 2.42. The van der Waals surface area contributed by atoms with Crippen molar-refractivity contribution in [2.24, 2.45) is 5.92 Å². The minimum atomic E-state index is -1.33. The predicted octanol–water partition coefficient (Wildman–Crippen LogP) is 4.00. The first-order chi connectivity index (χ1) is 28.4. The molecule has 0 bridgehead atoms. The molecule has 2 aliphatic heterocycles. The maximum atomic E-state index is 15.5. The van der Waals surface area contributed by atoms with Crippen LogP contribution < -0.4 is 21.3 Å². The van der Waals surface area contributed by atoms with Crippen LogP contribution in [-0.2, 0) is 32.0 Å². The number of nitrogens with zero attached hydrogens (tertiary/aromatic N) is 2. The SMILES string of the molecule is C=C(C)[C@H](NC(=O)[C@H](C)NC)C(=O)N1C[C@@H](O)C[C@H]1Cc1c(-c2[nH]c3cc(F)ccc3c2C[C@@H]2C[C@H](F)CN2C(=O)[C@@H](NC(=O)[C@H](C)NC)C(C)C)[nH]c2cc(F)ccc12. The van der Waals surface area contributed by atoms with Gasteiger partial charge in [-0.15, -0.1) is 0 Å². The van der Waals surface area contributed by atoms with Gasteiger partial charge >= 0.3 is 0 Å². The lowest BCUT2D eigenvalue weighted by molar-refractivity contribution is -0.138. The molecule has 0 saturated carbocycles. The smallest absolute Gasteiger partial charge is 0.249 e. The topological polar surface area (TPSA) is 175 Å². The first-order valence-corrected chi connectivity index (χ1v) is 20.6. The van der Waals surface area contributed by atoms with Gasteiger partial charge in [0, 0.05) is 46.9 Å². The number of likely N-dealkylation sites (tertiary alicyclic amines) is 2. The van der Waals surface area contributed by atoms with E-state index in [0.717, 1.165) is 0 Å². The summed E-state index contributed by atoms with van der Waals surface area (Å²) in [5, 5.41) is 23.6. The number of β-amino-alcohol motifs (C(OH)–C–C–N with tert-alkyl or cyclic N) is 1. The zero-order valence-corrected chi connectivity index (χ0v) is 35.2. The highest BCUT2D eigenvalue weighted by molar-refractivity contribution is 5.97. The molecule has 2 saturated heterocycles. The number of aliphatic hydroxyl groups is 1. The van der Waals surface area contributed by atoms with Gasteiger partial charge in [0.05, 0.1) is 36.1 Å². The van der Waals surface area contributed by atoms with Gasteiger partial charge in [-0.05, 0) is 113 Å². The van der Waals surface area contributed by atoms with Crippen LogP contribution in [0.2, 0.25) is 0 Å². The summed E-state index contributed by atoms with van der Waals surface area (Å²) in [4.78, 5) is 64.0. The summed E-state index contributed by atoms with van der Waals surface area (Å²) in [5.74, 6) is -2.88. The van der Waals surface area contributed by atoms with Crippen molar-refractivity contribution in [1.82, 2.24) is 41.0 Å². The summed E-state index contributed by atoms with van der Waals surface area (Å²) < 4.78 is 45.1. The Bertz CT molecular complexity index is 2270. The number of alkyl halides is 1. The van der Waals surface area contributed by atoms with Gasteiger partial charge in [0.25, 0.3) is 0 Å². The number of nitrogens with one attached hydrogen (secondary N) is 6. The van der Waals surface area contributed by atoms with Crippen molar-refractivity contribution >= 4 is 45.4 Å². The van der Waals surface area contributed by atoms with Gasteiger partial charge in [-0.25, -0.2) is 13.2 Å². The quantitative estimate of drug-likeness (QED) is 0.0887. The largest absolute Gasteiger partial charge is 0.391 e. The third-order valence-electron chi connectivity index (χ3n) is 12.1. The Morgan fingerprint density at radius 2 is 1.27 bits per heavy atom. The lowest BCUT2D eigenvalue weighted by Crippen LogP contribution is -2.55. The molecule has 6 rings (SSSR count). The molecule has 2 aliphatic rings. The molecular weight excluding hydrogens is 778 g/mol. The molecule has 0 radical (unpaired) electrons. The van der Waals surface area contributed by atoms with E-state index < -0.39 is 77.9 Å². The number of hydrogen-bond acceptors (Lipinski definition) is 7. The van der Waals surface area contributed by atoms with E-state index >= 15 is 4.39 Å². The average Bonchev–Trinajstić information content (AvgIpc) is 3.96. The van der Waals surface area contributed by atoms with Gasteiger partial charge in [-0.2, -0.15) is 0 Å². The van der Waals surface area contributed by atoms with Crippen LogP contribution in [0.5, 0.6) is 0 Å². The first kappa shape index (κ1) is 44.4. The van der Waals surface area contributed by atoms with Crippen molar-refractivity contribution in [3.8, 4) is 11.4 Å². The average molecular weight is 835 g/mol. The van der Waals surface area contributed by atoms with Crippen LogP contribution in [0.15, 0.2) is 48.6 Å². The van der Waals surface area contributed by atoms with Crippen LogP contribution in [-0.4, -0.2) is 124 Å². The molecule has 2 aromatic carbocycles. The first-order valence-electron chi connectivity index (χ1n) is 20.6. The fraction of sp³-hybridized carbons (Fsp3) is 0.500. The van der Waals surface area contributed by atoms with E-state index in [9.17, 15) is 33.1 Å². The van der Waals surface area contributed by atoms with E-state index in [-0.39, 0.29) is 50.6 Å². The number of hydrogen-bond donors (Lipinski definition) is 7. The molecule has 324 valence electrons. The Kier molecular flexibility index (Phi) is 13.5. The Morgan fingerprint density at radius 1 is 0.783 bits per heavy atom. The van der Waals surface area contributed by atoms with Crippen molar-refractivity contribution in [3.05, 3.63) is 71.3 Å². The monoisotopic (exact) mass is 834 g/mol. The number of H-pyrrole nitrogens is 2. The standard InChI is InChI=1S/C44H57F3N8O5/c1-21(2)37(52-41(57)23(5)48-7)43(59)54-19-27(47)13-28(54)17-33-31-11-9-25(45)14-35(31)50-39(33)40-34(32-12-10-26(46)15-36(32)51-40)18-29-16-30(56)20-55(29)44(60)38(22(3)4)53-42(58)24(6)49-8/h9-12,14-15,21,23-24,27-30,37-38,48-51,56H,3,13,16-20H2,1-2,4-8H3,(H,52,57)(H,53,58)/t23-,24-,27-,28-,29-,30-,37-,38-/m0/s1. The van der Waals surface area contributed by atoms with Crippen molar-refractivity contribution < 1.29 is 37.5 Å². The second kappa shape index (κ2) is 18.2. The second-order valence-corrected chi connectivity index (χ2v) is 16.8. The lowest BCUT2D eigenvalue weighted by Gasteiger charge is -2.31. The fourth-order valence-corrected chi connectivity index (χ4v) is 8.52. The molecule has 4 amide bonds. The number of likely N-dealkylation sites (N-methyl/N-ethyl adjacent to an activating group) is 2. The van der Waals surface area contributed by atoms with Crippen LogP contribution in [0, 0.1) is 17.6 Å². The van der Waals surface area contributed by atoms with E-state index in [0.29, 0.717) is 49.9 Å². The molecule has 2 aromatic heterocycles. The maximum Gasteiger partial charge on any atom is 0.249 e. The number of carbonyl (C=O) groups is 4. The Labute approximate surface area is 347 Å². The van der Waals surface area contributed by atoms with E-state index in [1.807, 2.05) is 13.8 Å². The number of aliphatic hydroxyl groups excluding tert-OH is 1. The molecule has 4 heterocycles. The van der Waals surface area contributed by atoms with Crippen LogP contribution in [0.4, 0.5) is 13.2 Å². The molecule has 0 aliphatic carbocycles. The minimum absolute atomic E-state index is 0.00952. The zero-order valence-electron chi connectivity index (χ0n) is 35.2. The summed E-state index contributed by atoms with van der Waals surface area (Å²) in [5.41, 5.74) is 3.68. The molecular formula is C44H57F3N8O5. The minimum Gasteiger partial charge on any atom is -0.391 e. The van der Waals surface area contributed by atoms with Gasteiger partial charge in [0.2, 0.25) is 23.6 Å². The third-order valence-corrected chi connectivity index (χ3v) is 12.1. The number of rotatable bonds is 15. The summed E-state index contributed by atoms with van der Waals surface area (Å²) in [6.45, 7) is 12.4. The molecule has 7 N–H and O–H groups in total. The van der Waals surface area contributed by atoms with Crippen LogP contribution in [0.3, 0.4) is 0 Å². The number of carbonyl (C=O) groups excluding carboxylic acids is 4. The molecule has 2 fully saturated rings. The Balaban J connectivity index is 1.41. The van der Waals surface area contributed by atoms with Crippen LogP contribution in [0.25, 0.3) is 33.2 Å². The van der Waals surface area contributed by atoms with Crippen LogP contribution >= 0.6 is 0 Å². The Morgan fingerprint density at radius 3 is 1.75 bits per heavy atom. The highest BCUT2D eigenvalue weighted by Crippen LogP contribution is 2.40. The van der Waals surface area contributed by atoms with Crippen molar-refractivity contribution in [2.45, 2.75) is 109 Å². The molecule has 13 nitrogen and oxygen atoms in total. The normalized spacial score (nSPS) is 21.4. The molecule has 16 heteroatoms. The second-order valence-electron chi connectivity index (χ2n) is 16.8. The Hall–Kier alpha value is -5.19. The molecule has 8 atom stereocenters. The van der Waals surface area contributed by atoms with Crippen LogP contribution in [0.1, 0.15) is 58.6 Å². The number of benzene rings is 2. The summed E-state index contributed by atoms with van der Waals surface area (Å²) >= 11 is 0. The van der Waals surface area contributed by atoms with Gasteiger partial charge in [-0.1, -0.05) is 20.4 Å². The number of aromatic amines is 2. The molecule has 60 heavy (non-hydrogen) atoms. The van der Waals surface area contributed by atoms with E-state index in [1.165, 1.54) is 29.2 Å². The molecule has 0 unspecified atom stereocenters. The van der Waals surface area contributed by atoms with Crippen molar-refractivity contribution in [1.29, 1.82) is 0 Å². The highest BCUT2D eigenvalue weighted by atomic mass is 19.1. The van der Waals surface area contributed by atoms with Crippen molar-refractivity contribution in [2.75, 3.05) is 27.2 Å². The van der Waals surface area contributed by atoms with Gasteiger partial charge in [0.15, 0.2) is 0 Å². The zero-order chi connectivity index (χ0) is 43.7. The summed E-state index contributed by atoms with van der Waals surface area (Å²) in [6.07, 6.45) is -1.61. The molecule has 4 aromatic rings. The predicted molar refractivity (Wildman–Crippen MR) is 225 cm³/mol. The third kappa shape index (κ3) is 9.10. The number of fused-ring (bicyclic) bond motifs is 2. The summed E-state index contributed by atoms with van der Waals surface area (Å²) in [6, 6.07) is 4.30. The molecule has 0 spiro atoms. The fourth-order valence-electron chi connectivity index (χ4n) is 8.52. The van der Waals surface area contributed by atoms with E-state index in [2.05, 4.69) is 37.8 Å². The van der Waals surface area contributed by atoms with Crippen molar-refractivity contribution in [3.63, 3.8) is 0 Å². The van der Waals surface area contributed by atoms with Gasteiger partial charge < -0.3 is 46.1 Å². The summed E-state index contributed by atoms with van der Waals surface area (Å²) in [7, 11) is 3.27. The van der Waals surface area contributed by atoms with Gasteiger partial charge in [0.1, 0.15) is 29.9 Å². The number of aromatic nitrogens is 2. The van der Waals surface area contributed by atoms with Gasteiger partial charge in [-0.3, -0.25) is 19.2 Å². The lowest BCUT2D eigenvalue weighted by atomic mass is 9.94. The van der Waals surface area contributed by atoms with E-state index in [4.69, 9.17) is 0 Å². The number of halogens is 3. The number of amides is 4.